The van der Waals surface area contributed by atoms with E-state index in [-0.39, 0.29) is 11.8 Å². The summed E-state index contributed by atoms with van der Waals surface area (Å²) in [6, 6.07) is 14.1. The van der Waals surface area contributed by atoms with Gasteiger partial charge >= 0.3 is 0 Å². The number of aromatic nitrogens is 5. The maximum absolute atomic E-state index is 13.2. The minimum atomic E-state index is -0.0140. The molecule has 4 aromatic rings. The topological polar surface area (TPSA) is 68.8 Å². The van der Waals surface area contributed by atoms with E-state index >= 15 is 0 Å². The van der Waals surface area contributed by atoms with Crippen molar-refractivity contribution in [1.29, 1.82) is 0 Å². The minimum Gasteiger partial charge on any atom is -0.332 e. The van der Waals surface area contributed by atoms with Crippen molar-refractivity contribution in [3.63, 3.8) is 0 Å². The highest BCUT2D eigenvalue weighted by atomic mass is 16.2. The summed E-state index contributed by atoms with van der Waals surface area (Å²) in [6.45, 7) is 1.85. The average Bonchev–Trinajstić information content (AvgIpc) is 3.42. The molecule has 30 heavy (non-hydrogen) atoms. The summed E-state index contributed by atoms with van der Waals surface area (Å²) in [5.41, 5.74) is 4.08. The van der Waals surface area contributed by atoms with Crippen LogP contribution in [-0.4, -0.2) is 41.7 Å². The van der Waals surface area contributed by atoms with Crippen LogP contribution in [0.2, 0.25) is 0 Å². The third kappa shape index (κ3) is 3.28. The lowest BCUT2D eigenvalue weighted by atomic mass is 9.88. The molecule has 1 aliphatic heterocycles. The lowest BCUT2D eigenvalue weighted by Crippen LogP contribution is -2.40. The predicted octanol–water partition coefficient (Wildman–Crippen LogP) is 2.85. The molecule has 1 amide bonds. The number of carbonyl (C=O) groups excluding carboxylic acids is 1. The highest BCUT2D eigenvalue weighted by molar-refractivity contribution is 5.92. The zero-order valence-electron chi connectivity index (χ0n) is 16.7. The smallest absolute Gasteiger partial charge is 0.272 e. The van der Waals surface area contributed by atoms with Gasteiger partial charge in [0.25, 0.3) is 5.91 Å². The van der Waals surface area contributed by atoms with Crippen molar-refractivity contribution < 1.29 is 4.79 Å². The van der Waals surface area contributed by atoms with Gasteiger partial charge in [-0.05, 0) is 28.8 Å². The fraction of sp³-hybridized carbons (Fsp3) is 0.217. The van der Waals surface area contributed by atoms with Gasteiger partial charge in [-0.15, -0.1) is 0 Å². The maximum Gasteiger partial charge on any atom is 0.272 e. The number of hydrogen-bond donors (Lipinski definition) is 0. The fourth-order valence-electron chi connectivity index (χ4n) is 4.18. The molecular formula is C23H22N6O. The van der Waals surface area contributed by atoms with E-state index in [1.54, 1.807) is 30.2 Å². The Labute approximate surface area is 174 Å². The standard InChI is InChI=1S/C23H22N6O/c1-27-21(8-10-26-27)23(30)29-15-18-6-2-3-7-19(18)20(16-29)22-25-11-12-28(22)14-17-5-4-9-24-13-17/h2-13,20H,14-16H2,1H3/t20-/m0/s1. The van der Waals surface area contributed by atoms with Crippen molar-refractivity contribution in [2.24, 2.45) is 7.05 Å². The Balaban J connectivity index is 1.51. The van der Waals surface area contributed by atoms with Gasteiger partial charge < -0.3 is 9.47 Å². The number of carbonyl (C=O) groups is 1. The van der Waals surface area contributed by atoms with Crippen LogP contribution in [0.25, 0.3) is 0 Å². The second-order valence-electron chi connectivity index (χ2n) is 7.55. The van der Waals surface area contributed by atoms with Crippen molar-refractivity contribution >= 4 is 5.91 Å². The van der Waals surface area contributed by atoms with Crippen LogP contribution < -0.4 is 0 Å². The largest absolute Gasteiger partial charge is 0.332 e. The van der Waals surface area contributed by atoms with Crippen LogP contribution in [0.15, 0.2) is 73.4 Å². The molecule has 0 aliphatic carbocycles. The minimum absolute atomic E-state index is 0.00111. The molecule has 3 aromatic heterocycles. The number of nitrogens with zero attached hydrogens (tertiary/aromatic N) is 6. The number of hydrogen-bond acceptors (Lipinski definition) is 4. The average molecular weight is 398 g/mol. The molecule has 1 aromatic carbocycles. The predicted molar refractivity (Wildman–Crippen MR) is 112 cm³/mol. The van der Waals surface area contributed by atoms with Crippen LogP contribution in [0.5, 0.6) is 0 Å². The number of rotatable bonds is 4. The van der Waals surface area contributed by atoms with E-state index < -0.39 is 0 Å². The third-order valence-corrected chi connectivity index (χ3v) is 5.66. The normalized spacial score (nSPS) is 15.8. The number of imidazole rings is 1. The first-order valence-electron chi connectivity index (χ1n) is 9.95. The summed E-state index contributed by atoms with van der Waals surface area (Å²) in [6.07, 6.45) is 9.13. The molecule has 0 spiro atoms. The van der Waals surface area contributed by atoms with Gasteiger partial charge in [-0.3, -0.25) is 14.5 Å². The molecule has 150 valence electrons. The SMILES string of the molecule is Cn1nccc1C(=O)N1Cc2ccccc2[C@@H](c2nccn2Cc2cccnc2)C1. The van der Waals surface area contributed by atoms with E-state index in [0.717, 1.165) is 17.0 Å². The number of amides is 1. The lowest BCUT2D eigenvalue weighted by molar-refractivity contribution is 0.0711. The second-order valence-corrected chi connectivity index (χ2v) is 7.55. The van der Waals surface area contributed by atoms with Crippen LogP contribution in [0.1, 0.15) is 38.9 Å². The summed E-state index contributed by atoms with van der Waals surface area (Å²) < 4.78 is 3.78. The van der Waals surface area contributed by atoms with Crippen LogP contribution in [0.4, 0.5) is 0 Å². The summed E-state index contributed by atoms with van der Waals surface area (Å²) in [5, 5.41) is 4.15. The molecule has 1 aliphatic rings. The van der Waals surface area contributed by atoms with Gasteiger partial charge in [-0.25, -0.2) is 4.98 Å². The molecule has 0 unspecified atom stereocenters. The molecule has 0 radical (unpaired) electrons. The molecule has 5 rings (SSSR count). The van der Waals surface area contributed by atoms with Gasteiger partial charge in [0.2, 0.25) is 0 Å². The molecule has 7 nitrogen and oxygen atoms in total. The van der Waals surface area contributed by atoms with Crippen LogP contribution in [-0.2, 0) is 20.1 Å². The summed E-state index contributed by atoms with van der Waals surface area (Å²) >= 11 is 0. The Morgan fingerprint density at radius 3 is 2.80 bits per heavy atom. The Bertz CT molecular complexity index is 1180. The lowest BCUT2D eigenvalue weighted by Gasteiger charge is -2.34. The van der Waals surface area contributed by atoms with Crippen molar-refractivity contribution in [3.05, 3.63) is 102 Å². The summed E-state index contributed by atoms with van der Waals surface area (Å²) in [5.74, 6) is 0.937. The molecule has 0 saturated carbocycles. The fourth-order valence-corrected chi connectivity index (χ4v) is 4.18. The second kappa shape index (κ2) is 7.59. The molecule has 0 saturated heterocycles. The summed E-state index contributed by atoms with van der Waals surface area (Å²) in [7, 11) is 1.79. The molecular weight excluding hydrogens is 376 g/mol. The number of pyridine rings is 1. The third-order valence-electron chi connectivity index (χ3n) is 5.66. The van der Waals surface area contributed by atoms with Crippen LogP contribution >= 0.6 is 0 Å². The van der Waals surface area contributed by atoms with E-state index in [1.807, 2.05) is 35.6 Å². The number of benzene rings is 1. The highest BCUT2D eigenvalue weighted by Gasteiger charge is 2.32. The number of fused-ring (bicyclic) bond motifs is 1. The zero-order chi connectivity index (χ0) is 20.5. The van der Waals surface area contributed by atoms with Crippen molar-refractivity contribution in [2.75, 3.05) is 6.54 Å². The van der Waals surface area contributed by atoms with Crippen LogP contribution in [0, 0.1) is 0 Å². The molecule has 4 heterocycles. The van der Waals surface area contributed by atoms with Gasteiger partial charge in [0.15, 0.2) is 0 Å². The quantitative estimate of drug-likeness (QED) is 0.530. The van der Waals surface area contributed by atoms with Gasteiger partial charge in [0.1, 0.15) is 11.5 Å². The monoisotopic (exact) mass is 398 g/mol. The summed E-state index contributed by atoms with van der Waals surface area (Å²) in [4.78, 5) is 24.0. The van der Waals surface area contributed by atoms with Gasteiger partial charge in [0.05, 0.1) is 12.5 Å². The Kier molecular flexibility index (Phi) is 4.63. The van der Waals surface area contributed by atoms with Crippen molar-refractivity contribution in [2.45, 2.75) is 19.0 Å². The van der Waals surface area contributed by atoms with Crippen molar-refractivity contribution in [1.82, 2.24) is 29.2 Å². The maximum atomic E-state index is 13.2. The first kappa shape index (κ1) is 18.3. The van der Waals surface area contributed by atoms with Crippen molar-refractivity contribution in [3.8, 4) is 0 Å². The molecule has 0 fully saturated rings. The Morgan fingerprint density at radius 2 is 2.00 bits per heavy atom. The highest BCUT2D eigenvalue weighted by Crippen LogP contribution is 2.33. The van der Waals surface area contributed by atoms with Crippen LogP contribution in [0.3, 0.4) is 0 Å². The Hall–Kier alpha value is -3.74. The van der Waals surface area contributed by atoms with E-state index in [9.17, 15) is 4.79 Å². The van der Waals surface area contributed by atoms with Gasteiger partial charge in [-0.2, -0.15) is 5.10 Å². The van der Waals surface area contributed by atoms with E-state index in [0.29, 0.717) is 25.3 Å². The van der Waals surface area contributed by atoms with Gasteiger partial charge in [0, 0.05) is 51.1 Å². The first-order valence-corrected chi connectivity index (χ1v) is 9.95. The number of aryl methyl sites for hydroxylation is 1. The zero-order valence-corrected chi connectivity index (χ0v) is 16.7. The molecule has 7 heteroatoms. The van der Waals surface area contributed by atoms with E-state index in [4.69, 9.17) is 4.98 Å². The molecule has 1 atom stereocenters. The molecule has 0 N–H and O–H groups in total. The van der Waals surface area contributed by atoms with Gasteiger partial charge in [-0.1, -0.05) is 30.3 Å². The van der Waals surface area contributed by atoms with E-state index in [1.165, 1.54) is 5.56 Å². The first-order chi connectivity index (χ1) is 14.7. The van der Waals surface area contributed by atoms with E-state index in [2.05, 4.69) is 38.9 Å². The molecule has 0 bridgehead atoms. The Morgan fingerprint density at radius 1 is 1.10 bits per heavy atom.